The highest BCUT2D eigenvalue weighted by molar-refractivity contribution is 6.32. The Morgan fingerprint density at radius 2 is 0.776 bits per heavy atom. The van der Waals surface area contributed by atoms with Crippen molar-refractivity contribution in [2.75, 3.05) is 73.9 Å². The number of allylic oxidation sites excluding steroid dienone is 2. The molecule has 1 saturated heterocycles. The number of rotatable bonds is 8. The molecule has 2 aliphatic carbocycles. The number of fused-ring (bicyclic) bond motifs is 4. The largest absolute Gasteiger partial charge is 0.381 e. The van der Waals surface area contributed by atoms with Gasteiger partial charge in [0, 0.05) is 165 Å². The number of ether oxygens (including phenoxy) is 2. The molecule has 4 aromatic carbocycles. The van der Waals surface area contributed by atoms with Crippen LogP contribution in [0.15, 0.2) is 109 Å². The van der Waals surface area contributed by atoms with Crippen LogP contribution in [0.3, 0.4) is 0 Å². The molecule has 6 aliphatic heterocycles. The van der Waals surface area contributed by atoms with E-state index in [1.807, 2.05) is 68.1 Å². The molecule has 0 atom stereocenters. The average molecular weight is 1410 g/mol. The molecule has 26 heteroatoms. The van der Waals surface area contributed by atoms with Gasteiger partial charge < -0.3 is 50.3 Å². The van der Waals surface area contributed by atoms with Crippen LogP contribution in [0.2, 0.25) is 20.1 Å². The Hall–Kier alpha value is -8.64. The van der Waals surface area contributed by atoms with Crippen LogP contribution in [0.5, 0.6) is 0 Å². The van der Waals surface area contributed by atoms with Gasteiger partial charge >= 0.3 is 24.1 Å². The first kappa shape index (κ1) is 67.9. The van der Waals surface area contributed by atoms with Gasteiger partial charge in [0.05, 0.1) is 62.2 Å². The second-order valence-electron chi connectivity index (χ2n) is 25.7. The van der Waals surface area contributed by atoms with Crippen molar-refractivity contribution in [3.05, 3.63) is 197 Å². The van der Waals surface area contributed by atoms with Gasteiger partial charge in [0.2, 0.25) is 0 Å². The maximum Gasteiger partial charge on any atom is 0.322 e. The second-order valence-corrected chi connectivity index (χ2v) is 27.4. The maximum atomic E-state index is 12.6. The Bertz CT molecular complexity index is 4220. The summed E-state index contributed by atoms with van der Waals surface area (Å²) in [6, 6.07) is 28.4. The molecule has 8 N–H and O–H groups in total. The quantitative estimate of drug-likeness (QED) is 0.0713. The van der Waals surface area contributed by atoms with Crippen LogP contribution in [-0.2, 0) is 61.3 Å². The zero-order valence-corrected chi connectivity index (χ0v) is 57.5. The van der Waals surface area contributed by atoms with Crippen molar-refractivity contribution >= 4 is 104 Å². The molecule has 1 saturated carbocycles. The van der Waals surface area contributed by atoms with Crippen molar-refractivity contribution in [2.45, 2.75) is 128 Å². The van der Waals surface area contributed by atoms with Crippen LogP contribution in [-0.4, -0.2) is 137 Å². The van der Waals surface area contributed by atoms with Gasteiger partial charge in [-0.25, -0.2) is 19.2 Å². The Morgan fingerprint density at radius 3 is 1.14 bits per heavy atom. The molecule has 22 nitrogen and oxygen atoms in total. The van der Waals surface area contributed by atoms with E-state index in [0.29, 0.717) is 115 Å². The number of nitrogens with one attached hydrogen (secondary N) is 8. The number of carbonyl (C=O) groups excluding carboxylic acids is 4. The summed E-state index contributed by atoms with van der Waals surface area (Å²) in [6.07, 6.45) is 18.8. The van der Waals surface area contributed by atoms with Crippen molar-refractivity contribution < 1.29 is 28.7 Å². The number of hydrogen-bond acceptors (Lipinski definition) is 10. The van der Waals surface area contributed by atoms with Gasteiger partial charge in [-0.05, 0) is 135 Å². The topological polar surface area (TPSA) is 263 Å². The number of H-pyrrole nitrogens is 4. The van der Waals surface area contributed by atoms with Crippen molar-refractivity contribution in [1.82, 2.24) is 60.4 Å². The van der Waals surface area contributed by atoms with E-state index in [-0.39, 0.29) is 24.1 Å². The number of hydrogen-bond donors (Lipinski definition) is 8. The molecule has 16 rings (SSSR count). The fourth-order valence-corrected chi connectivity index (χ4v) is 14.8. The Kier molecular flexibility index (Phi) is 22.1. The molecule has 0 radical (unpaired) electrons. The minimum absolute atomic E-state index is 0.0820. The molecule has 4 aromatic heterocycles. The molecule has 8 amide bonds. The lowest BCUT2D eigenvalue weighted by molar-refractivity contribution is 0.0841. The summed E-state index contributed by atoms with van der Waals surface area (Å²) in [7, 11) is 0. The number of urea groups is 4. The van der Waals surface area contributed by atoms with Gasteiger partial charge in [-0.15, -0.1) is 0 Å². The Labute approximate surface area is 588 Å². The predicted molar refractivity (Wildman–Crippen MR) is 382 cm³/mol. The molecule has 2 fully saturated rings. The first-order chi connectivity index (χ1) is 47.8. The molecule has 512 valence electrons. The third kappa shape index (κ3) is 16.7. The minimum atomic E-state index is -0.124. The highest BCUT2D eigenvalue weighted by Gasteiger charge is 2.33. The molecule has 0 bridgehead atoms. The zero-order chi connectivity index (χ0) is 67.5. The lowest BCUT2D eigenvalue weighted by Crippen LogP contribution is -2.39. The van der Waals surface area contributed by atoms with Crippen molar-refractivity contribution in [1.29, 1.82) is 0 Å². The van der Waals surface area contributed by atoms with Crippen LogP contribution in [0.1, 0.15) is 144 Å². The van der Waals surface area contributed by atoms with E-state index >= 15 is 0 Å². The zero-order valence-electron chi connectivity index (χ0n) is 54.5. The number of aromatic amines is 4. The SMILES string of the molecule is O=C(Nc1cccc(Cl)c1)N1CCc2[nH]nc(C3=CCCC3)c2C1.O=C(Nc1cccc(Cl)c1)N1CCc2[nH]nc(C3=CCOCC3)c2C1.O=C(Nc1cccc(Cl)c1)N1CCc2[nH]nc(C3CCCC3)c2C1.O=C(Nc1cccc(Cl)c1)N1CCc2[nH]nc(C3CCOCC3)c2C1. The summed E-state index contributed by atoms with van der Waals surface area (Å²) >= 11 is 23.9. The standard InChI is InChI=1S/C18H21ClN4O2.C18H19ClN4O2.C18H21ClN4O.C18H19ClN4O/c2*19-13-2-1-3-14(10-13)20-18(24)23-7-4-16-15(11-23)17(22-21-16)12-5-8-25-9-6-12;2*19-13-6-3-7-14(10-13)20-18(24)23-9-8-16-15(11-23)17(22-21-16)12-4-1-2-5-12/h1-3,10,12H,4-9,11H2,(H,20,24)(H,21,22);1-3,5,10H,4,6-9,11H2,(H,20,24)(H,21,22);3,6-7,10,12H,1-2,4-5,8-9,11H2,(H,20,24)(H,21,22);3-4,6-7,10H,1-2,5,8-9,11H2,(H,20,24)(H,21,22). The summed E-state index contributed by atoms with van der Waals surface area (Å²) in [5.74, 6) is 0.977. The number of halogens is 4. The van der Waals surface area contributed by atoms with E-state index in [1.165, 1.54) is 65.8 Å². The number of anilines is 4. The fraction of sp³-hybridized carbons (Fsp3) is 0.389. The van der Waals surface area contributed by atoms with Gasteiger partial charge in [-0.2, -0.15) is 20.4 Å². The number of benzene rings is 4. The van der Waals surface area contributed by atoms with E-state index in [0.717, 1.165) is 122 Å². The smallest absolute Gasteiger partial charge is 0.322 e. The third-order valence-corrected chi connectivity index (χ3v) is 20.2. The molecular weight excluding hydrogens is 1330 g/mol. The molecular formula is C72H80Cl4N16O6. The van der Waals surface area contributed by atoms with Gasteiger partial charge in [0.1, 0.15) is 0 Å². The minimum Gasteiger partial charge on any atom is -0.381 e. The van der Waals surface area contributed by atoms with Gasteiger partial charge in [-0.3, -0.25) is 20.4 Å². The highest BCUT2D eigenvalue weighted by atomic mass is 35.5. The van der Waals surface area contributed by atoms with E-state index < -0.39 is 0 Å². The van der Waals surface area contributed by atoms with Crippen LogP contribution >= 0.6 is 46.4 Å². The number of aromatic nitrogens is 8. The van der Waals surface area contributed by atoms with E-state index in [2.05, 4.69) is 74.2 Å². The molecule has 10 heterocycles. The molecule has 8 aliphatic rings. The number of carbonyl (C=O) groups is 4. The summed E-state index contributed by atoms with van der Waals surface area (Å²) in [6.45, 7) is 7.97. The predicted octanol–water partition coefficient (Wildman–Crippen LogP) is 15.5. The van der Waals surface area contributed by atoms with Crippen LogP contribution in [0.25, 0.3) is 11.1 Å². The molecule has 0 unspecified atom stereocenters. The third-order valence-electron chi connectivity index (χ3n) is 19.2. The lowest BCUT2D eigenvalue weighted by atomic mass is 9.91. The van der Waals surface area contributed by atoms with E-state index in [4.69, 9.17) is 55.9 Å². The van der Waals surface area contributed by atoms with Gasteiger partial charge in [-0.1, -0.05) is 95.7 Å². The molecule has 98 heavy (non-hydrogen) atoms. The fourth-order valence-electron chi connectivity index (χ4n) is 14.0. The molecule has 0 spiro atoms. The van der Waals surface area contributed by atoms with Crippen LogP contribution < -0.4 is 21.3 Å². The molecule has 8 aromatic rings. The monoisotopic (exact) mass is 1400 g/mol. The maximum absolute atomic E-state index is 12.6. The Balaban J connectivity index is 0.000000118. The highest BCUT2D eigenvalue weighted by Crippen LogP contribution is 2.39. The second kappa shape index (κ2) is 31.9. The summed E-state index contributed by atoms with van der Waals surface area (Å²) in [5.41, 5.74) is 19.0. The van der Waals surface area contributed by atoms with Gasteiger partial charge in [0.15, 0.2) is 0 Å². The summed E-state index contributed by atoms with van der Waals surface area (Å²) < 4.78 is 10.8. The average Bonchev–Trinajstić information content (AvgIpc) is 1.65. The van der Waals surface area contributed by atoms with Crippen molar-refractivity contribution in [3.8, 4) is 0 Å². The van der Waals surface area contributed by atoms with E-state index in [1.54, 1.807) is 48.5 Å². The summed E-state index contributed by atoms with van der Waals surface area (Å²) in [5, 5.41) is 44.9. The van der Waals surface area contributed by atoms with Crippen molar-refractivity contribution in [2.24, 2.45) is 0 Å². The van der Waals surface area contributed by atoms with Crippen LogP contribution in [0.4, 0.5) is 41.9 Å². The lowest BCUT2D eigenvalue weighted by Gasteiger charge is -2.29. The first-order valence-corrected chi connectivity index (χ1v) is 35.4. The van der Waals surface area contributed by atoms with Crippen molar-refractivity contribution in [3.63, 3.8) is 0 Å². The van der Waals surface area contributed by atoms with E-state index in [9.17, 15) is 19.2 Å². The number of nitrogens with zero attached hydrogens (tertiary/aromatic N) is 8. The normalized spacial score (nSPS) is 17.4. The number of amides is 8. The summed E-state index contributed by atoms with van der Waals surface area (Å²) in [4.78, 5) is 57.7. The van der Waals surface area contributed by atoms with Gasteiger partial charge in [0.25, 0.3) is 0 Å². The first-order valence-electron chi connectivity index (χ1n) is 33.9. The Morgan fingerprint density at radius 1 is 0.408 bits per heavy atom. The van der Waals surface area contributed by atoms with Crippen LogP contribution in [0, 0.1) is 0 Å².